The summed E-state index contributed by atoms with van der Waals surface area (Å²) >= 11 is 0. The third-order valence-electron chi connectivity index (χ3n) is 6.94. The highest BCUT2D eigenvalue weighted by Gasteiger charge is 2.46. The first-order valence-corrected chi connectivity index (χ1v) is 12.7. The number of ether oxygens (including phenoxy) is 1. The molecule has 36 heavy (non-hydrogen) atoms. The molecule has 1 aliphatic heterocycles. The van der Waals surface area contributed by atoms with Gasteiger partial charge in [0.05, 0.1) is 23.9 Å². The van der Waals surface area contributed by atoms with Gasteiger partial charge in [0.2, 0.25) is 5.88 Å². The number of carbonyl (C=O) groups excluding carboxylic acids is 1. The average Bonchev–Trinajstić information content (AvgIpc) is 2.80. The summed E-state index contributed by atoms with van der Waals surface area (Å²) in [5, 5.41) is 17.3. The molecular formula is C28H37FN4O3. The Morgan fingerprint density at radius 3 is 2.75 bits per heavy atom. The second-order valence-corrected chi connectivity index (χ2v) is 11.3. The number of aliphatic hydroxyl groups is 1. The Labute approximate surface area is 212 Å². The minimum Gasteiger partial charge on any atom is -0.471 e. The number of hydrogen-bond acceptors (Lipinski definition) is 6. The summed E-state index contributed by atoms with van der Waals surface area (Å²) in [6.07, 6.45) is 10.2. The average molecular weight is 497 g/mol. The van der Waals surface area contributed by atoms with Crippen LogP contribution in [0.4, 0.5) is 4.39 Å². The Bertz CT molecular complexity index is 1100. The van der Waals surface area contributed by atoms with Gasteiger partial charge in [-0.15, -0.1) is 6.58 Å². The number of carbonyl (C=O) groups is 1. The number of rotatable bonds is 9. The summed E-state index contributed by atoms with van der Waals surface area (Å²) in [6, 6.07) is 2.68. The van der Waals surface area contributed by atoms with Gasteiger partial charge >= 0.3 is 0 Å². The van der Waals surface area contributed by atoms with Crippen LogP contribution in [-0.2, 0) is 6.42 Å². The van der Waals surface area contributed by atoms with Gasteiger partial charge in [-0.05, 0) is 55.2 Å². The third kappa shape index (κ3) is 6.28. The van der Waals surface area contributed by atoms with Crippen LogP contribution in [0.3, 0.4) is 0 Å². The van der Waals surface area contributed by atoms with Crippen LogP contribution in [0.5, 0.6) is 5.88 Å². The van der Waals surface area contributed by atoms with E-state index in [1.54, 1.807) is 6.08 Å². The van der Waals surface area contributed by atoms with Crippen molar-refractivity contribution >= 4 is 5.91 Å². The molecule has 0 aromatic carbocycles. The molecule has 2 aromatic rings. The Balaban J connectivity index is 1.47. The van der Waals surface area contributed by atoms with E-state index in [0.29, 0.717) is 12.3 Å². The molecule has 1 aliphatic carbocycles. The van der Waals surface area contributed by atoms with Crippen LogP contribution in [0.1, 0.15) is 80.4 Å². The van der Waals surface area contributed by atoms with Crippen molar-refractivity contribution in [2.45, 2.75) is 83.1 Å². The number of halogens is 1. The maximum atomic E-state index is 13.5. The normalized spacial score (nSPS) is 20.0. The molecule has 1 fully saturated rings. The van der Waals surface area contributed by atoms with Crippen LogP contribution in [0, 0.1) is 11.2 Å². The summed E-state index contributed by atoms with van der Waals surface area (Å²) in [6.45, 7) is 10.6. The first-order valence-electron chi connectivity index (χ1n) is 12.7. The molecular weight excluding hydrogens is 459 g/mol. The van der Waals surface area contributed by atoms with Gasteiger partial charge in [0.1, 0.15) is 11.4 Å². The van der Waals surface area contributed by atoms with Crippen LogP contribution in [0.2, 0.25) is 0 Å². The number of fused-ring (bicyclic) bond motifs is 1. The minimum atomic E-state index is -0.886. The Morgan fingerprint density at radius 2 is 2.11 bits per heavy atom. The number of hydrogen-bond donors (Lipinski definition) is 3. The smallest absolute Gasteiger partial charge is 0.253 e. The van der Waals surface area contributed by atoms with E-state index in [9.17, 15) is 14.3 Å². The van der Waals surface area contributed by atoms with Crippen molar-refractivity contribution in [3.63, 3.8) is 0 Å². The van der Waals surface area contributed by atoms with Crippen molar-refractivity contribution in [2.24, 2.45) is 5.41 Å². The molecule has 1 amide bonds. The minimum absolute atomic E-state index is 0.0244. The second kappa shape index (κ2) is 10.6. The van der Waals surface area contributed by atoms with Crippen molar-refractivity contribution in [2.75, 3.05) is 6.54 Å². The molecule has 0 saturated heterocycles. The molecule has 8 heteroatoms. The molecule has 1 saturated carbocycles. The van der Waals surface area contributed by atoms with Crippen molar-refractivity contribution in [3.05, 3.63) is 65.9 Å². The lowest BCUT2D eigenvalue weighted by molar-refractivity contribution is -0.0420. The highest BCUT2D eigenvalue weighted by Crippen LogP contribution is 2.48. The number of aromatic nitrogens is 2. The summed E-state index contributed by atoms with van der Waals surface area (Å²) < 4.78 is 19.9. The zero-order valence-corrected chi connectivity index (χ0v) is 21.4. The molecule has 4 rings (SSSR count). The van der Waals surface area contributed by atoms with E-state index < -0.39 is 23.9 Å². The molecule has 0 bridgehead atoms. The third-order valence-corrected chi connectivity index (χ3v) is 6.94. The zero-order valence-electron chi connectivity index (χ0n) is 21.4. The van der Waals surface area contributed by atoms with Crippen LogP contribution in [-0.4, -0.2) is 45.3 Å². The predicted octanol–water partition coefficient (Wildman–Crippen LogP) is 4.28. The zero-order chi connectivity index (χ0) is 25.9. The van der Waals surface area contributed by atoms with Crippen LogP contribution >= 0.6 is 0 Å². The fraction of sp³-hybridized carbons (Fsp3) is 0.536. The highest BCUT2D eigenvalue weighted by atomic mass is 19.1. The van der Waals surface area contributed by atoms with Crippen molar-refractivity contribution in [1.82, 2.24) is 20.6 Å². The SMILES string of the molecule is C=CC[C@H](NC(=O)c1cncc(F)c1)[C@H](O)CN[C@H]1CC2(CCC2)Oc2ncc(CC(C)(C)C)cc21. The molecule has 3 atom stereocenters. The van der Waals surface area contributed by atoms with Gasteiger partial charge in [-0.3, -0.25) is 9.78 Å². The van der Waals surface area contributed by atoms with Gasteiger partial charge < -0.3 is 20.5 Å². The number of pyridine rings is 2. The van der Waals surface area contributed by atoms with E-state index in [1.165, 1.54) is 6.20 Å². The van der Waals surface area contributed by atoms with Crippen LogP contribution in [0.25, 0.3) is 0 Å². The standard InChI is InChI=1S/C28H37FN4O3/c1-5-7-22(33-25(35)19-11-20(29)16-30-15-19)24(34)17-31-23-13-28(8-6-9-28)36-26-21(23)10-18(14-32-26)12-27(2,3)4/h5,10-11,14-16,22-24,31,34H,1,6-9,12-13,17H2,2-4H3,(H,33,35)/t22-,23-,24+/m0/s1. The van der Waals surface area contributed by atoms with Crippen LogP contribution in [0.15, 0.2) is 43.4 Å². The maximum absolute atomic E-state index is 13.5. The summed E-state index contributed by atoms with van der Waals surface area (Å²) in [5.41, 5.74) is 2.20. The Hall–Kier alpha value is -2.84. The van der Waals surface area contributed by atoms with Gasteiger partial charge in [0, 0.05) is 37.0 Å². The summed E-state index contributed by atoms with van der Waals surface area (Å²) in [4.78, 5) is 21.0. The molecule has 2 aliphatic rings. The fourth-order valence-corrected chi connectivity index (χ4v) is 5.03. The van der Waals surface area contributed by atoms with Gasteiger partial charge in [-0.1, -0.05) is 26.8 Å². The lowest BCUT2D eigenvalue weighted by Gasteiger charge is -2.47. The number of amides is 1. The lowest BCUT2D eigenvalue weighted by Crippen LogP contribution is -2.52. The molecule has 0 unspecified atom stereocenters. The topological polar surface area (TPSA) is 96.4 Å². The van der Waals surface area contributed by atoms with Gasteiger partial charge in [0.25, 0.3) is 5.91 Å². The molecule has 0 radical (unpaired) electrons. The molecule has 1 spiro atoms. The number of aliphatic hydroxyl groups excluding tert-OH is 1. The van der Waals surface area contributed by atoms with E-state index in [0.717, 1.165) is 55.5 Å². The summed E-state index contributed by atoms with van der Waals surface area (Å²) in [7, 11) is 0. The van der Waals surface area contributed by atoms with E-state index in [-0.39, 0.29) is 29.2 Å². The number of nitrogens with one attached hydrogen (secondary N) is 2. The predicted molar refractivity (Wildman–Crippen MR) is 136 cm³/mol. The van der Waals surface area contributed by atoms with Gasteiger partial charge in [0.15, 0.2) is 0 Å². The van der Waals surface area contributed by atoms with E-state index in [2.05, 4.69) is 54.0 Å². The Kier molecular flexibility index (Phi) is 7.76. The van der Waals surface area contributed by atoms with E-state index >= 15 is 0 Å². The maximum Gasteiger partial charge on any atom is 0.253 e. The van der Waals surface area contributed by atoms with Crippen molar-refractivity contribution in [1.29, 1.82) is 0 Å². The molecule has 194 valence electrons. The molecule has 3 N–H and O–H groups in total. The van der Waals surface area contributed by atoms with Crippen LogP contribution < -0.4 is 15.4 Å². The first kappa shape index (κ1) is 26.2. The van der Waals surface area contributed by atoms with E-state index in [1.807, 2.05) is 6.20 Å². The van der Waals surface area contributed by atoms with Gasteiger partial charge in [-0.25, -0.2) is 9.37 Å². The lowest BCUT2D eigenvalue weighted by atomic mass is 9.73. The van der Waals surface area contributed by atoms with Gasteiger partial charge in [-0.2, -0.15) is 0 Å². The monoisotopic (exact) mass is 496 g/mol. The quantitative estimate of drug-likeness (QED) is 0.449. The second-order valence-electron chi connectivity index (χ2n) is 11.3. The summed E-state index contributed by atoms with van der Waals surface area (Å²) in [5.74, 6) is -0.415. The first-order chi connectivity index (χ1) is 17.1. The number of nitrogens with zero attached hydrogens (tertiary/aromatic N) is 2. The van der Waals surface area contributed by atoms with Crippen molar-refractivity contribution in [3.8, 4) is 5.88 Å². The van der Waals surface area contributed by atoms with E-state index in [4.69, 9.17) is 4.74 Å². The Morgan fingerprint density at radius 1 is 1.33 bits per heavy atom. The largest absolute Gasteiger partial charge is 0.471 e. The molecule has 7 nitrogen and oxygen atoms in total. The fourth-order valence-electron chi connectivity index (χ4n) is 5.03. The molecule has 3 heterocycles. The van der Waals surface area contributed by atoms with Crippen molar-refractivity contribution < 1.29 is 19.0 Å². The highest BCUT2D eigenvalue weighted by molar-refractivity contribution is 5.94. The molecule has 2 aromatic heterocycles.